The molecule has 94 valence electrons. The number of amides is 1. The second-order valence-electron chi connectivity index (χ2n) is 4.46. The van der Waals surface area contributed by atoms with Crippen molar-refractivity contribution >= 4 is 17.0 Å². The Morgan fingerprint density at radius 2 is 2.39 bits per heavy atom. The first-order chi connectivity index (χ1) is 8.65. The average molecular weight is 247 g/mol. The summed E-state index contributed by atoms with van der Waals surface area (Å²) in [4.78, 5) is 17.6. The van der Waals surface area contributed by atoms with E-state index in [1.807, 2.05) is 4.90 Å². The second-order valence-corrected chi connectivity index (χ2v) is 4.46. The minimum atomic E-state index is -0.538. The first-order valence-electron chi connectivity index (χ1n) is 5.72. The van der Waals surface area contributed by atoms with Crippen LogP contribution >= 0.6 is 0 Å². The molecule has 0 aliphatic carbocycles. The van der Waals surface area contributed by atoms with Gasteiger partial charge in [0.25, 0.3) is 5.91 Å². The zero-order valence-electron chi connectivity index (χ0n) is 9.67. The van der Waals surface area contributed by atoms with Crippen molar-refractivity contribution in [1.29, 1.82) is 0 Å². The maximum Gasteiger partial charge on any atom is 0.254 e. The predicted molar refractivity (Wildman–Crippen MR) is 63.8 cm³/mol. The van der Waals surface area contributed by atoms with Crippen LogP contribution in [0.2, 0.25) is 0 Å². The maximum absolute atomic E-state index is 11.5. The molecular formula is C12H13N3O3. The lowest BCUT2D eigenvalue weighted by molar-refractivity contribution is -0.00614. The van der Waals surface area contributed by atoms with E-state index in [-0.39, 0.29) is 6.10 Å². The molecule has 1 aliphatic heterocycles. The maximum atomic E-state index is 11.5. The number of hydrogen-bond donors (Lipinski definition) is 2. The Labute approximate surface area is 103 Å². The van der Waals surface area contributed by atoms with Crippen LogP contribution in [-0.4, -0.2) is 40.1 Å². The number of aliphatic hydroxyl groups is 1. The van der Waals surface area contributed by atoms with Crippen LogP contribution in [0.4, 0.5) is 0 Å². The van der Waals surface area contributed by atoms with Gasteiger partial charge in [-0.15, -0.1) is 0 Å². The number of aromatic nitrogens is 1. The fourth-order valence-corrected chi connectivity index (χ4v) is 2.22. The number of pyridine rings is 1. The summed E-state index contributed by atoms with van der Waals surface area (Å²) < 4.78 is 5.62. The molecule has 6 nitrogen and oxygen atoms in total. The third-order valence-electron chi connectivity index (χ3n) is 3.07. The van der Waals surface area contributed by atoms with Crippen LogP contribution in [0.25, 0.3) is 11.1 Å². The van der Waals surface area contributed by atoms with E-state index in [1.165, 1.54) is 0 Å². The van der Waals surface area contributed by atoms with Crippen LogP contribution in [-0.2, 0) is 6.54 Å². The monoisotopic (exact) mass is 247 g/mol. The first kappa shape index (κ1) is 11.2. The topological polar surface area (TPSA) is 92.6 Å². The molecule has 3 heterocycles. The lowest BCUT2D eigenvalue weighted by atomic mass is 10.1. The van der Waals surface area contributed by atoms with Crippen LogP contribution < -0.4 is 5.73 Å². The summed E-state index contributed by atoms with van der Waals surface area (Å²) in [6.45, 7) is 1.64. The Morgan fingerprint density at radius 3 is 3.06 bits per heavy atom. The van der Waals surface area contributed by atoms with E-state index < -0.39 is 5.91 Å². The summed E-state index contributed by atoms with van der Waals surface area (Å²) >= 11 is 0. The number of hydrogen-bond acceptors (Lipinski definition) is 5. The molecule has 1 fully saturated rings. The fourth-order valence-electron chi connectivity index (χ4n) is 2.22. The van der Waals surface area contributed by atoms with Gasteiger partial charge < -0.3 is 15.3 Å². The van der Waals surface area contributed by atoms with Crippen molar-refractivity contribution in [3.8, 4) is 0 Å². The first-order valence-corrected chi connectivity index (χ1v) is 5.72. The number of nitrogens with two attached hydrogens (primary N) is 1. The molecule has 6 heteroatoms. The molecule has 18 heavy (non-hydrogen) atoms. The van der Waals surface area contributed by atoms with Gasteiger partial charge in [0.1, 0.15) is 16.8 Å². The number of carbonyl (C=O) groups is 1. The van der Waals surface area contributed by atoms with Crippen molar-refractivity contribution in [3.63, 3.8) is 0 Å². The van der Waals surface area contributed by atoms with Gasteiger partial charge in [0, 0.05) is 19.3 Å². The molecule has 2 aromatic heterocycles. The highest BCUT2D eigenvalue weighted by Crippen LogP contribution is 2.26. The Hall–Kier alpha value is -1.92. The van der Waals surface area contributed by atoms with Crippen molar-refractivity contribution in [2.45, 2.75) is 12.6 Å². The van der Waals surface area contributed by atoms with Crippen LogP contribution in [0.1, 0.15) is 16.1 Å². The molecule has 0 saturated carbocycles. The van der Waals surface area contributed by atoms with Gasteiger partial charge >= 0.3 is 0 Å². The number of rotatable bonds is 3. The summed E-state index contributed by atoms with van der Waals surface area (Å²) in [5.41, 5.74) is 6.78. The molecule has 3 N–H and O–H groups in total. The summed E-state index contributed by atoms with van der Waals surface area (Å²) in [6, 6.07) is 3.50. The van der Waals surface area contributed by atoms with Crippen molar-refractivity contribution in [1.82, 2.24) is 9.88 Å². The van der Waals surface area contributed by atoms with E-state index in [0.29, 0.717) is 42.1 Å². The van der Waals surface area contributed by atoms with Gasteiger partial charge in [-0.25, -0.2) is 0 Å². The van der Waals surface area contributed by atoms with Crippen LogP contribution in [0, 0.1) is 0 Å². The number of primary amides is 1. The standard InChI is InChI=1S/C12H13N3O3/c13-12(17)10-9(6-15-4-7(16)5-15)18-8-2-1-3-14-11(8)10/h1-3,7,16H,4-6H2,(H2,13,17). The zero-order valence-corrected chi connectivity index (χ0v) is 9.67. The second kappa shape index (κ2) is 4.08. The molecule has 0 bridgehead atoms. The third-order valence-corrected chi connectivity index (χ3v) is 3.07. The van der Waals surface area contributed by atoms with Crippen molar-refractivity contribution in [2.75, 3.05) is 13.1 Å². The number of aliphatic hydroxyl groups excluding tert-OH is 1. The molecule has 0 spiro atoms. The zero-order chi connectivity index (χ0) is 12.7. The summed E-state index contributed by atoms with van der Waals surface area (Å²) in [6.07, 6.45) is 1.31. The molecule has 0 atom stereocenters. The predicted octanol–water partition coefficient (Wildman–Crippen LogP) is 0.103. The van der Waals surface area contributed by atoms with Gasteiger partial charge in [0.15, 0.2) is 5.58 Å². The molecule has 1 saturated heterocycles. The van der Waals surface area contributed by atoms with Crippen molar-refractivity contribution < 1.29 is 14.3 Å². The molecule has 0 aromatic carbocycles. The van der Waals surface area contributed by atoms with Gasteiger partial charge in [0.05, 0.1) is 12.6 Å². The SMILES string of the molecule is NC(=O)c1c(CN2CC(O)C2)oc2cccnc12. The number of furan rings is 1. The van der Waals surface area contributed by atoms with E-state index in [2.05, 4.69) is 4.98 Å². The number of carbonyl (C=O) groups excluding carboxylic acids is 1. The van der Waals surface area contributed by atoms with E-state index in [4.69, 9.17) is 10.2 Å². The molecule has 0 unspecified atom stereocenters. The molecule has 3 rings (SSSR count). The Balaban J connectivity index is 1.99. The van der Waals surface area contributed by atoms with Crippen LogP contribution in [0.15, 0.2) is 22.7 Å². The lowest BCUT2D eigenvalue weighted by Gasteiger charge is -2.35. The van der Waals surface area contributed by atoms with E-state index in [0.717, 1.165) is 0 Å². The van der Waals surface area contributed by atoms with Crippen molar-refractivity contribution in [2.24, 2.45) is 5.73 Å². The average Bonchev–Trinajstić information content (AvgIpc) is 2.64. The van der Waals surface area contributed by atoms with Gasteiger partial charge in [-0.1, -0.05) is 0 Å². The molecule has 1 aliphatic rings. The fraction of sp³-hybridized carbons (Fsp3) is 0.333. The highest BCUT2D eigenvalue weighted by atomic mass is 16.3. The van der Waals surface area contributed by atoms with Gasteiger partial charge in [-0.2, -0.15) is 0 Å². The summed E-state index contributed by atoms with van der Waals surface area (Å²) in [7, 11) is 0. The number of fused-ring (bicyclic) bond motifs is 1. The summed E-state index contributed by atoms with van der Waals surface area (Å²) in [5, 5.41) is 9.24. The van der Waals surface area contributed by atoms with Gasteiger partial charge in [-0.05, 0) is 12.1 Å². The van der Waals surface area contributed by atoms with Crippen molar-refractivity contribution in [3.05, 3.63) is 29.7 Å². The summed E-state index contributed by atoms with van der Waals surface area (Å²) in [5.74, 6) is -0.0216. The van der Waals surface area contributed by atoms with Crippen LogP contribution in [0.5, 0.6) is 0 Å². The minimum absolute atomic E-state index is 0.287. The molecule has 2 aromatic rings. The van der Waals surface area contributed by atoms with Gasteiger partial charge in [-0.3, -0.25) is 14.7 Å². The Kier molecular flexibility index (Phi) is 2.53. The minimum Gasteiger partial charge on any atom is -0.457 e. The largest absolute Gasteiger partial charge is 0.457 e. The normalized spacial score (nSPS) is 16.9. The Morgan fingerprint density at radius 1 is 1.61 bits per heavy atom. The molecule has 1 amide bonds. The smallest absolute Gasteiger partial charge is 0.254 e. The molecular weight excluding hydrogens is 234 g/mol. The van der Waals surface area contributed by atoms with E-state index in [1.54, 1.807) is 18.3 Å². The number of nitrogens with zero attached hydrogens (tertiary/aromatic N) is 2. The quantitative estimate of drug-likeness (QED) is 0.802. The van der Waals surface area contributed by atoms with Crippen LogP contribution in [0.3, 0.4) is 0 Å². The highest BCUT2D eigenvalue weighted by Gasteiger charge is 2.28. The number of likely N-dealkylation sites (tertiary alicyclic amines) is 1. The third kappa shape index (κ3) is 1.75. The van der Waals surface area contributed by atoms with E-state index >= 15 is 0 Å². The number of β-amino-alcohol motifs (C(OH)–C–C–N with tert-alkyl or cyclic N) is 1. The highest BCUT2D eigenvalue weighted by molar-refractivity contribution is 6.04. The lowest BCUT2D eigenvalue weighted by Crippen LogP contribution is -2.49. The Bertz CT molecular complexity index is 602. The molecule has 0 radical (unpaired) electrons. The van der Waals surface area contributed by atoms with Gasteiger partial charge in [0.2, 0.25) is 0 Å². The van der Waals surface area contributed by atoms with E-state index in [9.17, 15) is 9.90 Å².